The Morgan fingerprint density at radius 3 is 2.28 bits per heavy atom. The standard InChI is InChI=1S/C11H24N2O4S/c1-5-7-8-12(4)18(16,17)13(6-2)10(3)9-11(14)15/h10H,5-9H2,1-4H3,(H,14,15). The fourth-order valence-corrected chi connectivity index (χ4v) is 3.31. The van der Waals surface area contributed by atoms with Crippen molar-refractivity contribution in [3.8, 4) is 0 Å². The minimum atomic E-state index is -3.56. The maximum absolute atomic E-state index is 12.2. The Morgan fingerprint density at radius 1 is 1.33 bits per heavy atom. The quantitative estimate of drug-likeness (QED) is 0.687. The Hall–Kier alpha value is -0.660. The summed E-state index contributed by atoms with van der Waals surface area (Å²) in [6.07, 6.45) is 1.52. The minimum absolute atomic E-state index is 0.186. The molecule has 0 aromatic rings. The highest BCUT2D eigenvalue weighted by Gasteiger charge is 2.30. The molecule has 0 bridgehead atoms. The molecule has 0 aromatic carbocycles. The summed E-state index contributed by atoms with van der Waals surface area (Å²) >= 11 is 0. The molecule has 0 aliphatic rings. The molecule has 0 spiro atoms. The number of carboxylic acid groups (broad SMARTS) is 1. The first-order valence-electron chi connectivity index (χ1n) is 6.22. The predicted molar refractivity (Wildman–Crippen MR) is 70.6 cm³/mol. The number of hydrogen-bond donors (Lipinski definition) is 1. The fraction of sp³-hybridized carbons (Fsp3) is 0.909. The normalized spacial score (nSPS) is 14.1. The van der Waals surface area contributed by atoms with Crippen LogP contribution in [0.1, 0.15) is 40.0 Å². The summed E-state index contributed by atoms with van der Waals surface area (Å²) in [6, 6.07) is -0.540. The number of carbonyl (C=O) groups is 1. The molecule has 0 saturated heterocycles. The second-order valence-electron chi connectivity index (χ2n) is 4.33. The second kappa shape index (κ2) is 7.70. The van der Waals surface area contributed by atoms with E-state index in [1.807, 2.05) is 6.92 Å². The number of carboxylic acids is 1. The third kappa shape index (κ3) is 4.91. The second-order valence-corrected chi connectivity index (χ2v) is 6.32. The van der Waals surface area contributed by atoms with Gasteiger partial charge in [0.25, 0.3) is 10.2 Å². The van der Waals surface area contributed by atoms with Crippen molar-refractivity contribution in [1.82, 2.24) is 8.61 Å². The van der Waals surface area contributed by atoms with Gasteiger partial charge in [0.05, 0.1) is 6.42 Å². The van der Waals surface area contributed by atoms with Gasteiger partial charge in [-0.2, -0.15) is 17.0 Å². The van der Waals surface area contributed by atoms with Gasteiger partial charge in [-0.05, 0) is 13.3 Å². The summed E-state index contributed by atoms with van der Waals surface area (Å²) in [5, 5.41) is 8.74. The first kappa shape index (κ1) is 17.3. The van der Waals surface area contributed by atoms with Gasteiger partial charge in [0.15, 0.2) is 0 Å². The third-order valence-corrected chi connectivity index (χ3v) is 4.97. The molecule has 0 aliphatic heterocycles. The molecule has 108 valence electrons. The summed E-state index contributed by atoms with van der Waals surface area (Å²) < 4.78 is 27.0. The minimum Gasteiger partial charge on any atom is -0.481 e. The van der Waals surface area contributed by atoms with Gasteiger partial charge in [-0.1, -0.05) is 20.3 Å². The van der Waals surface area contributed by atoms with Crippen LogP contribution in [0.25, 0.3) is 0 Å². The van der Waals surface area contributed by atoms with Crippen molar-refractivity contribution in [2.45, 2.75) is 46.1 Å². The Labute approximate surface area is 110 Å². The van der Waals surface area contributed by atoms with E-state index in [2.05, 4.69) is 0 Å². The van der Waals surface area contributed by atoms with Crippen LogP contribution in [0.3, 0.4) is 0 Å². The Balaban J connectivity index is 4.85. The molecular weight excluding hydrogens is 256 g/mol. The molecule has 0 fully saturated rings. The summed E-state index contributed by atoms with van der Waals surface area (Å²) in [7, 11) is -2.04. The van der Waals surface area contributed by atoms with E-state index >= 15 is 0 Å². The van der Waals surface area contributed by atoms with Crippen LogP contribution < -0.4 is 0 Å². The van der Waals surface area contributed by atoms with Crippen LogP contribution in [0, 0.1) is 0 Å². The van der Waals surface area contributed by atoms with Crippen LogP contribution in [0.4, 0.5) is 0 Å². The van der Waals surface area contributed by atoms with E-state index in [4.69, 9.17) is 5.11 Å². The van der Waals surface area contributed by atoms with Crippen molar-refractivity contribution < 1.29 is 18.3 Å². The van der Waals surface area contributed by atoms with Crippen LogP contribution >= 0.6 is 0 Å². The molecule has 6 nitrogen and oxygen atoms in total. The van der Waals surface area contributed by atoms with Gasteiger partial charge in [-0.3, -0.25) is 4.79 Å². The van der Waals surface area contributed by atoms with E-state index in [9.17, 15) is 13.2 Å². The van der Waals surface area contributed by atoms with Crippen molar-refractivity contribution in [1.29, 1.82) is 0 Å². The van der Waals surface area contributed by atoms with Gasteiger partial charge >= 0.3 is 5.97 Å². The molecule has 7 heteroatoms. The van der Waals surface area contributed by atoms with Crippen molar-refractivity contribution in [2.75, 3.05) is 20.1 Å². The van der Waals surface area contributed by atoms with Gasteiger partial charge in [-0.15, -0.1) is 0 Å². The van der Waals surface area contributed by atoms with E-state index in [-0.39, 0.29) is 13.0 Å². The lowest BCUT2D eigenvalue weighted by atomic mass is 10.2. The van der Waals surface area contributed by atoms with Gasteiger partial charge in [0.1, 0.15) is 0 Å². The van der Waals surface area contributed by atoms with Crippen LogP contribution in [0.15, 0.2) is 0 Å². The average molecular weight is 280 g/mol. The van der Waals surface area contributed by atoms with E-state index in [1.165, 1.54) is 15.7 Å². The van der Waals surface area contributed by atoms with Crippen LogP contribution in [0.5, 0.6) is 0 Å². The number of rotatable bonds is 9. The molecule has 0 amide bonds. The van der Waals surface area contributed by atoms with Crippen molar-refractivity contribution >= 4 is 16.2 Å². The third-order valence-electron chi connectivity index (χ3n) is 2.79. The maximum Gasteiger partial charge on any atom is 0.304 e. The zero-order valence-electron chi connectivity index (χ0n) is 11.6. The van der Waals surface area contributed by atoms with E-state index in [1.54, 1.807) is 13.8 Å². The Morgan fingerprint density at radius 2 is 1.89 bits per heavy atom. The van der Waals surface area contributed by atoms with Crippen molar-refractivity contribution in [2.24, 2.45) is 0 Å². The lowest BCUT2D eigenvalue weighted by molar-refractivity contribution is -0.137. The molecule has 0 saturated carbocycles. The van der Waals surface area contributed by atoms with Crippen LogP contribution in [-0.2, 0) is 15.0 Å². The van der Waals surface area contributed by atoms with Gasteiger partial charge in [0.2, 0.25) is 0 Å². The zero-order chi connectivity index (χ0) is 14.3. The summed E-state index contributed by atoms with van der Waals surface area (Å²) in [5.74, 6) is -0.993. The number of nitrogens with zero attached hydrogens (tertiary/aromatic N) is 2. The number of hydrogen-bond acceptors (Lipinski definition) is 3. The highest BCUT2D eigenvalue weighted by Crippen LogP contribution is 2.14. The van der Waals surface area contributed by atoms with Gasteiger partial charge < -0.3 is 5.11 Å². The van der Waals surface area contributed by atoms with E-state index in [0.29, 0.717) is 6.54 Å². The average Bonchev–Trinajstić information content (AvgIpc) is 2.25. The topological polar surface area (TPSA) is 77.9 Å². The fourth-order valence-electron chi connectivity index (χ4n) is 1.73. The molecule has 1 unspecified atom stereocenters. The number of unbranched alkanes of at least 4 members (excludes halogenated alkanes) is 1. The highest BCUT2D eigenvalue weighted by atomic mass is 32.2. The summed E-state index contributed by atoms with van der Waals surface area (Å²) in [6.45, 7) is 6.04. The predicted octanol–water partition coefficient (Wildman–Crippen LogP) is 1.15. The van der Waals surface area contributed by atoms with E-state index in [0.717, 1.165) is 12.8 Å². The van der Waals surface area contributed by atoms with Crippen molar-refractivity contribution in [3.05, 3.63) is 0 Å². The molecule has 18 heavy (non-hydrogen) atoms. The highest BCUT2D eigenvalue weighted by molar-refractivity contribution is 7.86. The van der Waals surface area contributed by atoms with Crippen LogP contribution in [-0.4, -0.2) is 54.3 Å². The largest absolute Gasteiger partial charge is 0.481 e. The molecule has 0 aromatic heterocycles. The summed E-state index contributed by atoms with van der Waals surface area (Å²) in [5.41, 5.74) is 0. The zero-order valence-corrected chi connectivity index (χ0v) is 12.4. The SMILES string of the molecule is CCCCN(C)S(=O)(=O)N(CC)C(C)CC(=O)O. The molecule has 1 atom stereocenters. The molecule has 1 N–H and O–H groups in total. The molecule has 0 aliphatic carbocycles. The smallest absolute Gasteiger partial charge is 0.304 e. The summed E-state index contributed by atoms with van der Waals surface area (Å²) in [4.78, 5) is 10.7. The molecule has 0 heterocycles. The van der Waals surface area contributed by atoms with Gasteiger partial charge in [0, 0.05) is 26.2 Å². The molecular formula is C11H24N2O4S. The maximum atomic E-state index is 12.2. The first-order chi connectivity index (χ1) is 8.27. The Bertz CT molecular complexity index is 356. The van der Waals surface area contributed by atoms with E-state index < -0.39 is 22.2 Å². The monoisotopic (exact) mass is 280 g/mol. The lowest BCUT2D eigenvalue weighted by Crippen LogP contribution is -2.47. The van der Waals surface area contributed by atoms with Gasteiger partial charge in [-0.25, -0.2) is 0 Å². The molecule has 0 rings (SSSR count). The van der Waals surface area contributed by atoms with Crippen molar-refractivity contribution in [3.63, 3.8) is 0 Å². The molecule has 0 radical (unpaired) electrons. The lowest BCUT2D eigenvalue weighted by Gasteiger charge is -2.30. The number of aliphatic carboxylic acids is 1. The van der Waals surface area contributed by atoms with Crippen LogP contribution in [0.2, 0.25) is 0 Å². The Kier molecular flexibility index (Phi) is 7.42. The first-order valence-corrected chi connectivity index (χ1v) is 7.61.